The van der Waals surface area contributed by atoms with Crippen LogP contribution in [0.2, 0.25) is 0 Å². The number of halogens is 2. The molecule has 1 aliphatic heterocycles. The maximum absolute atomic E-state index is 12.5. The SMILES string of the molecule is CCOC(=O)C1=C(O)/C(=C/c2cc(Br)c(OCC(=O)O)c(Br)c2)SC1=Nc1ccccc1. The quantitative estimate of drug-likeness (QED) is 0.393. The number of carbonyl (C=O) groups is 2. The predicted octanol–water partition coefficient (Wildman–Crippen LogP) is 5.87. The Balaban J connectivity index is 1.99. The number of thioether (sulfide) groups is 1. The number of esters is 1. The number of ether oxygens (including phenoxy) is 2. The Labute approximate surface area is 205 Å². The number of rotatable bonds is 7. The fourth-order valence-electron chi connectivity index (χ4n) is 2.70. The summed E-state index contributed by atoms with van der Waals surface area (Å²) in [5.74, 6) is -1.63. The summed E-state index contributed by atoms with van der Waals surface area (Å²) in [6.07, 6.45) is 1.68. The molecular weight excluding hydrogens is 566 g/mol. The molecule has 2 N–H and O–H groups in total. The Morgan fingerprint density at radius 2 is 1.81 bits per heavy atom. The molecule has 0 spiro atoms. The smallest absolute Gasteiger partial charge is 0.344 e. The predicted molar refractivity (Wildman–Crippen MR) is 130 cm³/mol. The monoisotopic (exact) mass is 581 g/mol. The maximum Gasteiger partial charge on any atom is 0.344 e. The van der Waals surface area contributed by atoms with Crippen molar-refractivity contribution in [2.45, 2.75) is 6.92 Å². The van der Waals surface area contributed by atoms with Crippen LogP contribution in [0.5, 0.6) is 5.75 Å². The standard InChI is InChI=1S/C22H17Br2NO6S/c1-2-30-22(29)18-19(28)16(32-21(18)25-13-6-4-3-5-7-13)10-12-8-14(23)20(15(24)9-12)31-11-17(26)27/h3-10,28H,2,11H2,1H3,(H,26,27)/b16-10-,25-21?. The highest BCUT2D eigenvalue weighted by Crippen LogP contribution is 2.42. The summed E-state index contributed by atoms with van der Waals surface area (Å²) in [4.78, 5) is 28.2. The molecule has 166 valence electrons. The molecule has 0 saturated heterocycles. The van der Waals surface area contributed by atoms with Gasteiger partial charge in [-0.25, -0.2) is 14.6 Å². The first-order valence-electron chi connectivity index (χ1n) is 9.28. The number of benzene rings is 2. The molecule has 1 aliphatic rings. The van der Waals surface area contributed by atoms with Crippen molar-refractivity contribution in [3.05, 3.63) is 73.2 Å². The molecule has 0 bridgehead atoms. The van der Waals surface area contributed by atoms with Gasteiger partial charge >= 0.3 is 11.9 Å². The molecule has 3 rings (SSSR count). The highest BCUT2D eigenvalue weighted by molar-refractivity contribution is 9.11. The number of carbonyl (C=O) groups excluding carboxylic acids is 1. The van der Waals surface area contributed by atoms with Crippen molar-refractivity contribution in [2.75, 3.05) is 13.2 Å². The van der Waals surface area contributed by atoms with Crippen LogP contribution in [0.15, 0.2) is 72.6 Å². The van der Waals surface area contributed by atoms with E-state index in [1.54, 1.807) is 37.3 Å². The molecule has 32 heavy (non-hydrogen) atoms. The first-order valence-corrected chi connectivity index (χ1v) is 11.7. The van der Waals surface area contributed by atoms with Gasteiger partial charge in [-0.3, -0.25) is 0 Å². The molecule has 1 heterocycles. The number of hydrogen-bond donors (Lipinski definition) is 2. The fraction of sp³-hybridized carbons (Fsp3) is 0.136. The van der Waals surface area contributed by atoms with Gasteiger partial charge in [0.15, 0.2) is 6.61 Å². The van der Waals surface area contributed by atoms with Gasteiger partial charge in [-0.1, -0.05) is 30.0 Å². The normalized spacial score (nSPS) is 16.0. The van der Waals surface area contributed by atoms with Crippen LogP contribution in [0.4, 0.5) is 5.69 Å². The molecule has 0 saturated carbocycles. The Morgan fingerprint density at radius 1 is 1.16 bits per heavy atom. The number of aliphatic imine (C=N–C) groups is 1. The zero-order valence-electron chi connectivity index (χ0n) is 16.7. The Hall–Kier alpha value is -2.56. The van der Waals surface area contributed by atoms with E-state index in [1.807, 2.05) is 18.2 Å². The van der Waals surface area contributed by atoms with E-state index in [1.165, 1.54) is 0 Å². The van der Waals surface area contributed by atoms with Crippen LogP contribution in [0, 0.1) is 0 Å². The van der Waals surface area contributed by atoms with Crippen LogP contribution in [-0.2, 0) is 14.3 Å². The van der Waals surface area contributed by atoms with Gasteiger partial charge in [0, 0.05) is 0 Å². The molecule has 2 aromatic rings. The van der Waals surface area contributed by atoms with Gasteiger partial charge in [-0.05, 0) is 74.7 Å². The van der Waals surface area contributed by atoms with E-state index in [2.05, 4.69) is 36.9 Å². The summed E-state index contributed by atoms with van der Waals surface area (Å²) in [5.41, 5.74) is 1.31. The van der Waals surface area contributed by atoms with Crippen molar-refractivity contribution >= 4 is 72.4 Å². The zero-order chi connectivity index (χ0) is 23.3. The second-order valence-electron chi connectivity index (χ2n) is 6.30. The molecule has 10 heteroatoms. The number of carboxylic acids is 1. The van der Waals surface area contributed by atoms with Crippen LogP contribution in [0.1, 0.15) is 12.5 Å². The Bertz CT molecular complexity index is 1120. The lowest BCUT2D eigenvalue weighted by molar-refractivity contribution is -0.139. The van der Waals surface area contributed by atoms with Crippen LogP contribution in [0.3, 0.4) is 0 Å². The van der Waals surface area contributed by atoms with E-state index in [0.717, 1.165) is 11.8 Å². The third-order valence-corrected chi connectivity index (χ3v) is 6.21. The lowest BCUT2D eigenvalue weighted by Crippen LogP contribution is -2.12. The molecule has 0 fully saturated rings. The molecule has 0 amide bonds. The summed E-state index contributed by atoms with van der Waals surface area (Å²) in [6.45, 7) is 1.36. The molecule has 0 radical (unpaired) electrons. The summed E-state index contributed by atoms with van der Waals surface area (Å²) < 4.78 is 11.4. The van der Waals surface area contributed by atoms with Crippen molar-refractivity contribution in [1.29, 1.82) is 0 Å². The summed E-state index contributed by atoms with van der Waals surface area (Å²) >= 11 is 7.88. The van der Waals surface area contributed by atoms with E-state index >= 15 is 0 Å². The third kappa shape index (κ3) is 5.81. The van der Waals surface area contributed by atoms with Gasteiger partial charge in [0.2, 0.25) is 0 Å². The molecule has 0 unspecified atom stereocenters. The van der Waals surface area contributed by atoms with Crippen molar-refractivity contribution in [2.24, 2.45) is 4.99 Å². The number of aliphatic hydroxyl groups is 1. The minimum absolute atomic E-state index is 0.00601. The number of nitrogens with zero attached hydrogens (tertiary/aromatic N) is 1. The number of para-hydroxylation sites is 1. The summed E-state index contributed by atoms with van der Waals surface area (Å²) in [6, 6.07) is 12.5. The van der Waals surface area contributed by atoms with Gasteiger partial charge in [0.25, 0.3) is 0 Å². The second kappa shape index (κ2) is 10.8. The van der Waals surface area contributed by atoms with E-state index < -0.39 is 18.5 Å². The molecular formula is C22H17Br2NO6S. The van der Waals surface area contributed by atoms with E-state index in [4.69, 9.17) is 14.6 Å². The third-order valence-electron chi connectivity index (χ3n) is 4.02. The van der Waals surface area contributed by atoms with Gasteiger partial charge in [0.05, 0.1) is 26.1 Å². The molecule has 0 atom stereocenters. The summed E-state index contributed by atoms with van der Waals surface area (Å²) in [5, 5.41) is 19.9. The fourth-order valence-corrected chi connectivity index (χ4v) is 5.18. The van der Waals surface area contributed by atoms with Gasteiger partial charge in [0.1, 0.15) is 22.1 Å². The lowest BCUT2D eigenvalue weighted by atomic mass is 10.1. The number of aliphatic hydroxyl groups excluding tert-OH is 1. The van der Waals surface area contributed by atoms with Gasteiger partial charge in [-0.2, -0.15) is 0 Å². The Kier molecular flexibility index (Phi) is 8.16. The maximum atomic E-state index is 12.5. The minimum Gasteiger partial charge on any atom is -0.506 e. The average molecular weight is 583 g/mol. The lowest BCUT2D eigenvalue weighted by Gasteiger charge is -2.10. The van der Waals surface area contributed by atoms with E-state index in [9.17, 15) is 14.7 Å². The second-order valence-corrected chi connectivity index (χ2v) is 9.04. The highest BCUT2D eigenvalue weighted by Gasteiger charge is 2.33. The molecule has 0 aromatic heterocycles. The molecule has 0 aliphatic carbocycles. The van der Waals surface area contributed by atoms with Crippen molar-refractivity contribution in [1.82, 2.24) is 0 Å². The summed E-state index contributed by atoms with van der Waals surface area (Å²) in [7, 11) is 0. The molecule has 7 nitrogen and oxygen atoms in total. The van der Waals surface area contributed by atoms with Crippen molar-refractivity contribution in [3.63, 3.8) is 0 Å². The van der Waals surface area contributed by atoms with Gasteiger partial charge in [-0.15, -0.1) is 0 Å². The van der Waals surface area contributed by atoms with Gasteiger partial charge < -0.3 is 19.7 Å². The highest BCUT2D eigenvalue weighted by atomic mass is 79.9. The minimum atomic E-state index is -1.09. The topological polar surface area (TPSA) is 105 Å². The Morgan fingerprint density at radius 3 is 2.41 bits per heavy atom. The van der Waals surface area contributed by atoms with Crippen LogP contribution in [0.25, 0.3) is 6.08 Å². The number of hydrogen-bond acceptors (Lipinski definition) is 7. The van der Waals surface area contributed by atoms with Crippen molar-refractivity contribution in [3.8, 4) is 5.75 Å². The largest absolute Gasteiger partial charge is 0.506 e. The average Bonchev–Trinajstić information content (AvgIpc) is 3.02. The first kappa shape index (κ1) is 24.1. The zero-order valence-corrected chi connectivity index (χ0v) is 20.7. The molecule has 2 aromatic carbocycles. The van der Waals surface area contributed by atoms with Crippen LogP contribution >= 0.6 is 43.6 Å². The van der Waals surface area contributed by atoms with Crippen LogP contribution < -0.4 is 4.74 Å². The van der Waals surface area contributed by atoms with Crippen LogP contribution in [-0.4, -0.2) is 40.4 Å². The number of aliphatic carboxylic acids is 1. The van der Waals surface area contributed by atoms with E-state index in [0.29, 0.717) is 35.9 Å². The number of carboxylic acid groups (broad SMARTS) is 1. The van der Waals surface area contributed by atoms with Crippen molar-refractivity contribution < 1.29 is 29.3 Å². The van der Waals surface area contributed by atoms with E-state index in [-0.39, 0.29) is 17.9 Å². The first-order chi connectivity index (χ1) is 15.3.